The van der Waals surface area contributed by atoms with Gasteiger partial charge in [-0.15, -0.1) is 0 Å². The molecule has 0 N–H and O–H groups in total. The maximum atomic E-state index is 12.6. The van der Waals surface area contributed by atoms with E-state index in [2.05, 4.69) is 16.0 Å². The third-order valence-corrected chi connectivity index (χ3v) is 7.35. The molecule has 0 unspecified atom stereocenters. The number of hydrogen-bond donors (Lipinski definition) is 0. The van der Waals surface area contributed by atoms with E-state index in [9.17, 15) is 8.42 Å². The van der Waals surface area contributed by atoms with Gasteiger partial charge in [-0.2, -0.15) is 17.0 Å². The van der Waals surface area contributed by atoms with E-state index >= 15 is 0 Å². The van der Waals surface area contributed by atoms with Crippen molar-refractivity contribution < 1.29 is 8.42 Å². The lowest BCUT2D eigenvalue weighted by molar-refractivity contribution is 0.175. The van der Waals surface area contributed by atoms with E-state index in [1.807, 2.05) is 38.1 Å². The van der Waals surface area contributed by atoms with Crippen LogP contribution in [0.5, 0.6) is 0 Å². The Morgan fingerprint density at radius 1 is 1.12 bits per heavy atom. The summed E-state index contributed by atoms with van der Waals surface area (Å²) in [5.74, 6) is 0. The van der Waals surface area contributed by atoms with Crippen LogP contribution in [0.3, 0.4) is 0 Å². The Hall–Kier alpha value is -1.25. The van der Waals surface area contributed by atoms with Crippen molar-refractivity contribution in [2.45, 2.75) is 20.4 Å². The first-order valence-electron chi connectivity index (χ1n) is 8.97. The van der Waals surface area contributed by atoms with E-state index in [1.165, 1.54) is 4.31 Å². The second-order valence-electron chi connectivity index (χ2n) is 6.40. The fourth-order valence-corrected chi connectivity index (χ4v) is 5.13. The van der Waals surface area contributed by atoms with Gasteiger partial charge in [0, 0.05) is 56.8 Å². The predicted molar refractivity (Wildman–Crippen MR) is 105 cm³/mol. The molecule has 0 amide bonds. The van der Waals surface area contributed by atoms with Gasteiger partial charge in [-0.25, -0.2) is 4.98 Å². The molecule has 8 heteroatoms. The maximum Gasteiger partial charge on any atom is 0.282 e. The highest BCUT2D eigenvalue weighted by molar-refractivity contribution is 7.86. The Bertz CT molecular complexity index is 863. The second kappa shape index (κ2) is 8.19. The molecular weight excluding hydrogens is 372 g/mol. The highest BCUT2D eigenvalue weighted by Crippen LogP contribution is 2.22. The Balaban J connectivity index is 1.67. The highest BCUT2D eigenvalue weighted by Gasteiger charge is 2.30. The smallest absolute Gasteiger partial charge is 0.282 e. The monoisotopic (exact) mass is 396 g/mol. The largest absolute Gasteiger partial charge is 0.296 e. The van der Waals surface area contributed by atoms with E-state index in [-0.39, 0.29) is 0 Å². The van der Waals surface area contributed by atoms with Crippen LogP contribution < -0.4 is 0 Å². The fourth-order valence-electron chi connectivity index (χ4n) is 3.32. The van der Waals surface area contributed by atoms with Crippen molar-refractivity contribution in [3.05, 3.63) is 41.0 Å². The lowest BCUT2D eigenvalue weighted by atomic mass is 10.1. The van der Waals surface area contributed by atoms with Crippen molar-refractivity contribution in [3.63, 3.8) is 0 Å². The standard InChI is InChI=1S/C18H25ClN4O2S/c1-3-22(4-2)26(24,25)23-11-9-21(10-12-23)14-16-13-15-7-5-6-8-17(15)20-18(16)19/h5-8,13H,3-4,9-12,14H2,1-2H3. The third-order valence-electron chi connectivity index (χ3n) is 4.83. The molecule has 3 rings (SSSR count). The van der Waals surface area contributed by atoms with Gasteiger partial charge in [0.2, 0.25) is 0 Å². The first-order valence-corrected chi connectivity index (χ1v) is 10.7. The molecular formula is C18H25ClN4O2S. The molecule has 0 radical (unpaired) electrons. The van der Waals surface area contributed by atoms with E-state index < -0.39 is 10.2 Å². The lowest BCUT2D eigenvalue weighted by Crippen LogP contribution is -2.52. The summed E-state index contributed by atoms with van der Waals surface area (Å²) in [4.78, 5) is 6.69. The van der Waals surface area contributed by atoms with Gasteiger partial charge in [0.1, 0.15) is 5.15 Å². The van der Waals surface area contributed by atoms with Crippen LogP contribution in [-0.4, -0.2) is 66.2 Å². The average molecular weight is 397 g/mol. The summed E-state index contributed by atoms with van der Waals surface area (Å²) in [6.07, 6.45) is 0. The first kappa shape index (κ1) is 19.5. The lowest BCUT2D eigenvalue weighted by Gasteiger charge is -2.36. The minimum absolute atomic E-state index is 0.497. The van der Waals surface area contributed by atoms with E-state index in [0.717, 1.165) is 16.5 Å². The number of fused-ring (bicyclic) bond motifs is 1. The zero-order valence-electron chi connectivity index (χ0n) is 15.2. The van der Waals surface area contributed by atoms with Crippen molar-refractivity contribution in [3.8, 4) is 0 Å². The number of piperazine rings is 1. The minimum Gasteiger partial charge on any atom is -0.296 e. The van der Waals surface area contributed by atoms with Gasteiger partial charge in [-0.3, -0.25) is 4.90 Å². The third kappa shape index (κ3) is 4.02. The van der Waals surface area contributed by atoms with Crippen LogP contribution in [-0.2, 0) is 16.8 Å². The van der Waals surface area contributed by atoms with Crippen molar-refractivity contribution in [1.29, 1.82) is 0 Å². The summed E-state index contributed by atoms with van der Waals surface area (Å²) >= 11 is 6.35. The molecule has 0 bridgehead atoms. The predicted octanol–water partition coefficient (Wildman–Crippen LogP) is 2.59. The zero-order chi connectivity index (χ0) is 18.7. The normalized spacial score (nSPS) is 17.2. The number of halogens is 1. The van der Waals surface area contributed by atoms with Gasteiger partial charge in [-0.05, 0) is 12.1 Å². The molecule has 0 saturated carbocycles. The van der Waals surface area contributed by atoms with E-state index in [0.29, 0.717) is 51.0 Å². The van der Waals surface area contributed by atoms with Crippen LogP contribution in [0.15, 0.2) is 30.3 Å². The Kier molecular flexibility index (Phi) is 6.14. The molecule has 1 aliphatic heterocycles. The number of hydrogen-bond acceptors (Lipinski definition) is 4. The van der Waals surface area contributed by atoms with Crippen LogP contribution in [0, 0.1) is 0 Å². The number of rotatable bonds is 6. The van der Waals surface area contributed by atoms with Gasteiger partial charge in [-0.1, -0.05) is 43.6 Å². The van der Waals surface area contributed by atoms with Gasteiger partial charge in [0.15, 0.2) is 0 Å². The van der Waals surface area contributed by atoms with Crippen molar-refractivity contribution >= 4 is 32.7 Å². The van der Waals surface area contributed by atoms with Crippen LogP contribution in [0.25, 0.3) is 10.9 Å². The molecule has 0 spiro atoms. The summed E-state index contributed by atoms with van der Waals surface area (Å²) in [6, 6.07) is 9.97. The van der Waals surface area contributed by atoms with Crippen molar-refractivity contribution in [2.75, 3.05) is 39.3 Å². The number of para-hydroxylation sites is 1. The van der Waals surface area contributed by atoms with E-state index in [1.54, 1.807) is 4.31 Å². The first-order chi connectivity index (χ1) is 12.5. The van der Waals surface area contributed by atoms with Crippen LogP contribution in [0.2, 0.25) is 5.15 Å². The minimum atomic E-state index is -3.36. The van der Waals surface area contributed by atoms with Gasteiger partial charge in [0.25, 0.3) is 10.2 Å². The topological polar surface area (TPSA) is 56.8 Å². The number of pyridine rings is 1. The summed E-state index contributed by atoms with van der Waals surface area (Å²) < 4.78 is 28.3. The molecule has 2 aromatic rings. The van der Waals surface area contributed by atoms with Gasteiger partial charge in [0.05, 0.1) is 5.52 Å². The molecule has 0 aliphatic carbocycles. The van der Waals surface area contributed by atoms with Gasteiger partial charge < -0.3 is 0 Å². The summed E-state index contributed by atoms with van der Waals surface area (Å²) in [6.45, 7) is 7.77. The molecule has 2 heterocycles. The average Bonchev–Trinajstić information content (AvgIpc) is 2.63. The highest BCUT2D eigenvalue weighted by atomic mass is 35.5. The quantitative estimate of drug-likeness (QED) is 0.704. The number of benzene rings is 1. The van der Waals surface area contributed by atoms with Crippen LogP contribution in [0.1, 0.15) is 19.4 Å². The van der Waals surface area contributed by atoms with Crippen molar-refractivity contribution in [1.82, 2.24) is 18.5 Å². The van der Waals surface area contributed by atoms with Crippen LogP contribution >= 0.6 is 11.6 Å². The summed E-state index contributed by atoms with van der Waals surface area (Å²) in [7, 11) is -3.36. The molecule has 0 atom stereocenters. The maximum absolute atomic E-state index is 12.6. The Labute approximate surface area is 160 Å². The molecule has 1 aromatic carbocycles. The molecule has 26 heavy (non-hydrogen) atoms. The Morgan fingerprint density at radius 3 is 2.42 bits per heavy atom. The molecule has 142 valence electrons. The van der Waals surface area contributed by atoms with Crippen molar-refractivity contribution in [2.24, 2.45) is 0 Å². The molecule has 1 aliphatic rings. The summed E-state index contributed by atoms with van der Waals surface area (Å²) in [5, 5.41) is 1.58. The van der Waals surface area contributed by atoms with E-state index in [4.69, 9.17) is 11.6 Å². The fraction of sp³-hybridized carbons (Fsp3) is 0.500. The number of aromatic nitrogens is 1. The molecule has 6 nitrogen and oxygen atoms in total. The van der Waals surface area contributed by atoms with Gasteiger partial charge >= 0.3 is 0 Å². The van der Waals surface area contributed by atoms with Crippen LogP contribution in [0.4, 0.5) is 0 Å². The molecule has 1 fully saturated rings. The zero-order valence-corrected chi connectivity index (χ0v) is 16.8. The SMILES string of the molecule is CCN(CC)S(=O)(=O)N1CCN(Cc2cc3ccccc3nc2Cl)CC1. The molecule has 1 aromatic heterocycles. The molecule has 1 saturated heterocycles. The Morgan fingerprint density at radius 2 is 1.77 bits per heavy atom. The number of nitrogens with zero attached hydrogens (tertiary/aromatic N) is 4. The second-order valence-corrected chi connectivity index (χ2v) is 8.68. The summed E-state index contributed by atoms with van der Waals surface area (Å²) in [5.41, 5.74) is 1.86.